The first kappa shape index (κ1) is 18.6. The molecule has 3 aromatic rings. The largest absolute Gasteiger partial charge is 0.495 e. The van der Waals surface area contributed by atoms with E-state index in [0.29, 0.717) is 28.0 Å². The van der Waals surface area contributed by atoms with Gasteiger partial charge in [0, 0.05) is 16.8 Å². The molecule has 8 heteroatoms. The molecule has 2 aromatic carbocycles. The molecular weight excluding hydrogens is 371 g/mol. The molecule has 138 valence electrons. The minimum absolute atomic E-state index is 0.101. The van der Waals surface area contributed by atoms with E-state index in [2.05, 4.69) is 20.6 Å². The number of carbonyl (C=O) groups is 1. The lowest BCUT2D eigenvalue weighted by Gasteiger charge is -2.12. The van der Waals surface area contributed by atoms with Crippen LogP contribution < -0.4 is 15.4 Å². The standard InChI is InChI=1S/C19H16ClFN4O2/c1-11-6-15(17(27-2)8-14(11)20)25-18-10-22-16(9-23-18)19(26)24-13-5-3-4-12(21)7-13/h3-10H,1-2H3,(H,23,25)(H,24,26). The SMILES string of the molecule is COc1cc(Cl)c(C)cc1Nc1cnc(C(=O)Nc2cccc(F)c2)cn1. The summed E-state index contributed by atoms with van der Waals surface area (Å²) in [6.45, 7) is 1.87. The van der Waals surface area contributed by atoms with Crippen molar-refractivity contribution in [1.82, 2.24) is 9.97 Å². The predicted molar refractivity (Wildman–Crippen MR) is 102 cm³/mol. The van der Waals surface area contributed by atoms with Crippen LogP contribution >= 0.6 is 11.6 Å². The van der Waals surface area contributed by atoms with Gasteiger partial charge in [0.1, 0.15) is 23.1 Å². The number of methoxy groups -OCH3 is 1. The van der Waals surface area contributed by atoms with Crippen molar-refractivity contribution < 1.29 is 13.9 Å². The zero-order valence-electron chi connectivity index (χ0n) is 14.6. The van der Waals surface area contributed by atoms with Gasteiger partial charge < -0.3 is 15.4 Å². The Labute approximate surface area is 160 Å². The van der Waals surface area contributed by atoms with E-state index >= 15 is 0 Å². The first-order chi connectivity index (χ1) is 13.0. The van der Waals surface area contributed by atoms with E-state index in [1.165, 1.54) is 37.7 Å². The molecule has 0 radical (unpaired) electrons. The molecular formula is C19H16ClFN4O2. The fourth-order valence-electron chi connectivity index (χ4n) is 2.34. The number of amides is 1. The maximum absolute atomic E-state index is 13.2. The Balaban J connectivity index is 1.74. The molecule has 1 amide bonds. The summed E-state index contributed by atoms with van der Waals surface area (Å²) in [5.41, 5.74) is 1.99. The lowest BCUT2D eigenvalue weighted by atomic mass is 10.2. The molecule has 0 saturated heterocycles. The number of nitrogens with one attached hydrogen (secondary N) is 2. The van der Waals surface area contributed by atoms with Gasteiger partial charge in [0.05, 0.1) is 25.2 Å². The van der Waals surface area contributed by atoms with E-state index in [-0.39, 0.29) is 5.69 Å². The van der Waals surface area contributed by atoms with E-state index in [1.807, 2.05) is 13.0 Å². The number of ether oxygens (including phenoxy) is 1. The van der Waals surface area contributed by atoms with Crippen LogP contribution in [-0.2, 0) is 0 Å². The summed E-state index contributed by atoms with van der Waals surface area (Å²) in [5, 5.41) is 6.23. The fourth-order valence-corrected chi connectivity index (χ4v) is 2.49. The second kappa shape index (κ2) is 8.01. The van der Waals surface area contributed by atoms with Crippen LogP contribution in [0.15, 0.2) is 48.8 Å². The first-order valence-corrected chi connectivity index (χ1v) is 8.34. The van der Waals surface area contributed by atoms with Crippen LogP contribution in [0, 0.1) is 12.7 Å². The zero-order chi connectivity index (χ0) is 19.4. The van der Waals surface area contributed by atoms with Crippen LogP contribution in [0.5, 0.6) is 5.75 Å². The molecule has 27 heavy (non-hydrogen) atoms. The summed E-state index contributed by atoms with van der Waals surface area (Å²) in [7, 11) is 1.54. The number of nitrogens with zero attached hydrogens (tertiary/aromatic N) is 2. The minimum Gasteiger partial charge on any atom is -0.495 e. The van der Waals surface area contributed by atoms with Crippen LogP contribution in [0.25, 0.3) is 0 Å². The molecule has 1 heterocycles. The second-order valence-corrected chi connectivity index (χ2v) is 6.09. The Hall–Kier alpha value is -3.19. The highest BCUT2D eigenvalue weighted by Crippen LogP contribution is 2.32. The van der Waals surface area contributed by atoms with Gasteiger partial charge in [-0.15, -0.1) is 0 Å². The topological polar surface area (TPSA) is 76.1 Å². The minimum atomic E-state index is -0.487. The number of halogens is 2. The molecule has 0 bridgehead atoms. The highest BCUT2D eigenvalue weighted by Gasteiger charge is 2.11. The third kappa shape index (κ3) is 4.51. The summed E-state index contributed by atoms with van der Waals surface area (Å²) in [4.78, 5) is 20.5. The molecule has 0 aliphatic rings. The summed E-state index contributed by atoms with van der Waals surface area (Å²) < 4.78 is 18.5. The summed E-state index contributed by atoms with van der Waals surface area (Å²) in [5.74, 6) is 0.0582. The van der Waals surface area contributed by atoms with Crippen molar-refractivity contribution in [3.05, 3.63) is 70.9 Å². The number of rotatable bonds is 5. The average Bonchev–Trinajstić information content (AvgIpc) is 2.65. The first-order valence-electron chi connectivity index (χ1n) is 7.96. The lowest BCUT2D eigenvalue weighted by molar-refractivity contribution is 0.102. The highest BCUT2D eigenvalue weighted by atomic mass is 35.5. The van der Waals surface area contributed by atoms with Crippen LogP contribution in [0.3, 0.4) is 0 Å². The highest BCUT2D eigenvalue weighted by molar-refractivity contribution is 6.31. The lowest BCUT2D eigenvalue weighted by Crippen LogP contribution is -2.14. The molecule has 3 rings (SSSR count). The van der Waals surface area contributed by atoms with Crippen molar-refractivity contribution in [1.29, 1.82) is 0 Å². The van der Waals surface area contributed by atoms with Gasteiger partial charge in [-0.3, -0.25) is 4.79 Å². The number of hydrogen-bond donors (Lipinski definition) is 2. The Morgan fingerprint density at radius 2 is 2.00 bits per heavy atom. The number of aryl methyl sites for hydroxylation is 1. The Morgan fingerprint density at radius 1 is 1.19 bits per heavy atom. The molecule has 2 N–H and O–H groups in total. The molecule has 0 aliphatic carbocycles. The number of benzene rings is 2. The Bertz CT molecular complexity index is 980. The van der Waals surface area contributed by atoms with Gasteiger partial charge in [-0.2, -0.15) is 0 Å². The van der Waals surface area contributed by atoms with Gasteiger partial charge in [0.25, 0.3) is 5.91 Å². The molecule has 0 fully saturated rings. The summed E-state index contributed by atoms with van der Waals surface area (Å²) in [6.07, 6.45) is 2.75. The van der Waals surface area contributed by atoms with Crippen molar-refractivity contribution in [3.63, 3.8) is 0 Å². The van der Waals surface area contributed by atoms with Gasteiger partial charge in [-0.1, -0.05) is 17.7 Å². The van der Waals surface area contributed by atoms with Gasteiger partial charge in [-0.25, -0.2) is 14.4 Å². The van der Waals surface area contributed by atoms with Crippen LogP contribution in [0.4, 0.5) is 21.6 Å². The van der Waals surface area contributed by atoms with Crippen molar-refractivity contribution >= 4 is 34.7 Å². The number of hydrogen-bond acceptors (Lipinski definition) is 5. The second-order valence-electron chi connectivity index (χ2n) is 5.68. The molecule has 0 unspecified atom stereocenters. The Kier molecular flexibility index (Phi) is 5.52. The van der Waals surface area contributed by atoms with E-state index in [0.717, 1.165) is 5.56 Å². The van der Waals surface area contributed by atoms with E-state index in [4.69, 9.17) is 16.3 Å². The van der Waals surface area contributed by atoms with E-state index < -0.39 is 11.7 Å². The molecule has 1 aromatic heterocycles. The molecule has 0 saturated carbocycles. The number of carbonyl (C=O) groups excluding carboxylic acids is 1. The van der Waals surface area contributed by atoms with Crippen molar-refractivity contribution in [2.24, 2.45) is 0 Å². The van der Waals surface area contributed by atoms with Crippen LogP contribution in [0.1, 0.15) is 16.1 Å². The van der Waals surface area contributed by atoms with Gasteiger partial charge >= 0.3 is 0 Å². The third-order valence-electron chi connectivity index (χ3n) is 3.71. The normalized spacial score (nSPS) is 10.4. The summed E-state index contributed by atoms with van der Waals surface area (Å²) >= 11 is 6.10. The summed E-state index contributed by atoms with van der Waals surface area (Å²) in [6, 6.07) is 9.13. The van der Waals surface area contributed by atoms with Crippen LogP contribution in [0.2, 0.25) is 5.02 Å². The molecule has 0 atom stereocenters. The smallest absolute Gasteiger partial charge is 0.275 e. The maximum Gasteiger partial charge on any atom is 0.275 e. The Morgan fingerprint density at radius 3 is 2.67 bits per heavy atom. The molecule has 6 nitrogen and oxygen atoms in total. The molecule has 0 spiro atoms. The van der Waals surface area contributed by atoms with Gasteiger partial charge in [0.2, 0.25) is 0 Å². The predicted octanol–water partition coefficient (Wildman–Crippen LogP) is 4.58. The van der Waals surface area contributed by atoms with Crippen molar-refractivity contribution in [3.8, 4) is 5.75 Å². The zero-order valence-corrected chi connectivity index (χ0v) is 15.3. The van der Waals surface area contributed by atoms with Gasteiger partial charge in [-0.05, 0) is 36.8 Å². The monoisotopic (exact) mass is 386 g/mol. The quantitative estimate of drug-likeness (QED) is 0.671. The average molecular weight is 387 g/mol. The van der Waals surface area contributed by atoms with E-state index in [1.54, 1.807) is 12.1 Å². The maximum atomic E-state index is 13.2. The fraction of sp³-hybridized carbons (Fsp3) is 0.105. The number of aromatic nitrogens is 2. The van der Waals surface area contributed by atoms with Crippen molar-refractivity contribution in [2.45, 2.75) is 6.92 Å². The van der Waals surface area contributed by atoms with E-state index in [9.17, 15) is 9.18 Å². The number of anilines is 3. The van der Waals surface area contributed by atoms with Gasteiger partial charge in [0.15, 0.2) is 0 Å². The molecule has 0 aliphatic heterocycles. The third-order valence-corrected chi connectivity index (χ3v) is 4.12. The van der Waals surface area contributed by atoms with Crippen molar-refractivity contribution in [2.75, 3.05) is 17.7 Å². The van der Waals surface area contributed by atoms with Crippen LogP contribution in [-0.4, -0.2) is 23.0 Å².